The first kappa shape index (κ1) is 16.6. The summed E-state index contributed by atoms with van der Waals surface area (Å²) >= 11 is 11.7. The molecule has 1 amide bonds. The Morgan fingerprint density at radius 2 is 1.95 bits per heavy atom. The van der Waals surface area contributed by atoms with Crippen molar-refractivity contribution < 1.29 is 9.53 Å². The van der Waals surface area contributed by atoms with Gasteiger partial charge in [0, 0.05) is 11.9 Å². The highest BCUT2D eigenvalue weighted by molar-refractivity contribution is 6.35. The molecule has 22 heavy (non-hydrogen) atoms. The average molecular weight is 339 g/mol. The highest BCUT2D eigenvalue weighted by Crippen LogP contribution is 2.24. The molecule has 0 unspecified atom stereocenters. The van der Waals surface area contributed by atoms with Crippen LogP contribution in [0.5, 0.6) is 5.88 Å². The van der Waals surface area contributed by atoms with Crippen LogP contribution in [0, 0.1) is 0 Å². The fourth-order valence-electron chi connectivity index (χ4n) is 1.79. The maximum absolute atomic E-state index is 11.8. The third kappa shape index (κ3) is 4.61. The third-order valence-electron chi connectivity index (χ3n) is 2.98. The van der Waals surface area contributed by atoms with Crippen LogP contribution < -0.4 is 10.1 Å². The van der Waals surface area contributed by atoms with Gasteiger partial charge in [0.25, 0.3) is 5.91 Å². The van der Waals surface area contributed by atoms with Crippen molar-refractivity contribution in [2.45, 2.75) is 19.8 Å². The van der Waals surface area contributed by atoms with Crippen LogP contribution in [0.3, 0.4) is 0 Å². The molecule has 4 nitrogen and oxygen atoms in total. The van der Waals surface area contributed by atoms with E-state index in [1.165, 1.54) is 17.8 Å². The standard InChI is InChI=1S/C16H16Cl2N2O2/c1-10(2)11-3-5-13(6-4-11)20-15(21)9-22-16-14(18)7-12(17)8-19-16/h3-8,10H,9H2,1-2H3,(H,20,21). The number of hydrogen-bond donors (Lipinski definition) is 1. The molecule has 0 spiro atoms. The first-order valence-electron chi connectivity index (χ1n) is 6.79. The average Bonchev–Trinajstić information content (AvgIpc) is 2.47. The summed E-state index contributed by atoms with van der Waals surface area (Å²) in [6.07, 6.45) is 1.41. The molecule has 0 fully saturated rings. The number of hydrogen-bond acceptors (Lipinski definition) is 3. The van der Waals surface area contributed by atoms with Crippen molar-refractivity contribution in [3.05, 3.63) is 52.1 Å². The van der Waals surface area contributed by atoms with Gasteiger partial charge in [-0.1, -0.05) is 49.2 Å². The van der Waals surface area contributed by atoms with Crippen LogP contribution in [0.4, 0.5) is 5.69 Å². The molecule has 2 aromatic rings. The molecule has 1 aromatic carbocycles. The summed E-state index contributed by atoms with van der Waals surface area (Å²) in [6, 6.07) is 9.20. The maximum Gasteiger partial charge on any atom is 0.262 e. The van der Waals surface area contributed by atoms with Crippen molar-refractivity contribution in [2.75, 3.05) is 11.9 Å². The van der Waals surface area contributed by atoms with Gasteiger partial charge in [-0.2, -0.15) is 0 Å². The van der Waals surface area contributed by atoms with Crippen LogP contribution in [0.1, 0.15) is 25.3 Å². The summed E-state index contributed by atoms with van der Waals surface area (Å²) in [5.41, 5.74) is 1.93. The molecule has 0 radical (unpaired) electrons. The van der Waals surface area contributed by atoms with Gasteiger partial charge in [-0.05, 0) is 29.7 Å². The Morgan fingerprint density at radius 3 is 2.55 bits per heavy atom. The second kappa shape index (κ2) is 7.47. The van der Waals surface area contributed by atoms with Gasteiger partial charge in [0.2, 0.25) is 5.88 Å². The number of carbonyl (C=O) groups is 1. The molecule has 0 saturated heterocycles. The lowest BCUT2D eigenvalue weighted by atomic mass is 10.0. The minimum Gasteiger partial charge on any atom is -0.466 e. The van der Waals surface area contributed by atoms with Gasteiger partial charge >= 0.3 is 0 Å². The number of aromatic nitrogens is 1. The zero-order valence-corrected chi connectivity index (χ0v) is 13.8. The number of nitrogens with one attached hydrogen (secondary N) is 1. The number of nitrogens with zero attached hydrogens (tertiary/aromatic N) is 1. The first-order chi connectivity index (χ1) is 10.5. The summed E-state index contributed by atoms with van der Waals surface area (Å²) in [4.78, 5) is 15.8. The normalized spacial score (nSPS) is 10.6. The van der Waals surface area contributed by atoms with E-state index in [1.54, 1.807) is 0 Å². The lowest BCUT2D eigenvalue weighted by Crippen LogP contribution is -2.20. The zero-order valence-electron chi connectivity index (χ0n) is 12.3. The second-order valence-electron chi connectivity index (χ2n) is 5.05. The quantitative estimate of drug-likeness (QED) is 0.871. The van der Waals surface area contributed by atoms with Gasteiger partial charge in [-0.3, -0.25) is 4.79 Å². The number of benzene rings is 1. The minimum absolute atomic E-state index is 0.177. The summed E-state index contributed by atoms with van der Waals surface area (Å²) in [7, 11) is 0. The van der Waals surface area contributed by atoms with Gasteiger partial charge in [-0.15, -0.1) is 0 Å². The van der Waals surface area contributed by atoms with Crippen LogP contribution in [0.25, 0.3) is 0 Å². The molecular weight excluding hydrogens is 323 g/mol. The molecule has 0 saturated carbocycles. The molecule has 1 aromatic heterocycles. The lowest BCUT2D eigenvalue weighted by molar-refractivity contribution is -0.118. The fraction of sp³-hybridized carbons (Fsp3) is 0.250. The summed E-state index contributed by atoms with van der Waals surface area (Å²) < 4.78 is 5.27. The Bertz CT molecular complexity index is 658. The van der Waals surface area contributed by atoms with Crippen LogP contribution >= 0.6 is 23.2 Å². The molecule has 0 aliphatic carbocycles. The summed E-state index contributed by atoms with van der Waals surface area (Å²) in [5, 5.41) is 3.42. The molecule has 1 N–H and O–H groups in total. The zero-order chi connectivity index (χ0) is 16.1. The van der Waals surface area contributed by atoms with Gasteiger partial charge in [0.05, 0.1) is 5.02 Å². The summed E-state index contributed by atoms with van der Waals surface area (Å²) in [5.74, 6) is 0.340. The maximum atomic E-state index is 11.8. The Kier molecular flexibility index (Phi) is 5.63. The van der Waals surface area contributed by atoms with E-state index in [4.69, 9.17) is 27.9 Å². The Labute approximate surface area is 139 Å². The van der Waals surface area contributed by atoms with E-state index < -0.39 is 0 Å². The van der Waals surface area contributed by atoms with Crippen LogP contribution in [0.15, 0.2) is 36.5 Å². The lowest BCUT2D eigenvalue weighted by Gasteiger charge is -2.09. The third-order valence-corrected chi connectivity index (χ3v) is 3.45. The highest BCUT2D eigenvalue weighted by atomic mass is 35.5. The second-order valence-corrected chi connectivity index (χ2v) is 5.90. The predicted octanol–water partition coefficient (Wildman–Crippen LogP) is 4.53. The van der Waals surface area contributed by atoms with E-state index in [-0.39, 0.29) is 23.4 Å². The number of amides is 1. The van der Waals surface area contributed by atoms with Gasteiger partial charge < -0.3 is 10.1 Å². The monoisotopic (exact) mass is 338 g/mol. The van der Waals surface area contributed by atoms with E-state index in [2.05, 4.69) is 24.1 Å². The van der Waals surface area contributed by atoms with E-state index in [9.17, 15) is 4.79 Å². The van der Waals surface area contributed by atoms with E-state index in [1.807, 2.05) is 24.3 Å². The van der Waals surface area contributed by atoms with Crippen LogP contribution in [-0.4, -0.2) is 17.5 Å². The van der Waals surface area contributed by atoms with Crippen LogP contribution in [0.2, 0.25) is 10.0 Å². The first-order valence-corrected chi connectivity index (χ1v) is 7.55. The number of carbonyl (C=O) groups excluding carboxylic acids is 1. The van der Waals surface area contributed by atoms with Gasteiger partial charge in [0.15, 0.2) is 6.61 Å². The van der Waals surface area contributed by atoms with Crippen molar-refractivity contribution in [1.82, 2.24) is 4.98 Å². The molecule has 1 heterocycles. The smallest absolute Gasteiger partial charge is 0.262 e. The number of ether oxygens (including phenoxy) is 1. The minimum atomic E-state index is -0.287. The Morgan fingerprint density at radius 1 is 1.27 bits per heavy atom. The number of pyridine rings is 1. The van der Waals surface area contributed by atoms with Crippen molar-refractivity contribution in [3.8, 4) is 5.88 Å². The SMILES string of the molecule is CC(C)c1ccc(NC(=O)COc2ncc(Cl)cc2Cl)cc1. The Balaban J connectivity index is 1.90. The largest absolute Gasteiger partial charge is 0.466 e. The van der Waals surface area contributed by atoms with Gasteiger partial charge in [-0.25, -0.2) is 4.98 Å². The molecule has 0 atom stereocenters. The van der Waals surface area contributed by atoms with Gasteiger partial charge in [0.1, 0.15) is 5.02 Å². The van der Waals surface area contributed by atoms with Crippen molar-refractivity contribution in [1.29, 1.82) is 0 Å². The molecule has 2 rings (SSSR count). The van der Waals surface area contributed by atoms with Crippen molar-refractivity contribution in [3.63, 3.8) is 0 Å². The topological polar surface area (TPSA) is 51.2 Å². The molecule has 0 aliphatic heterocycles. The van der Waals surface area contributed by atoms with E-state index in [0.717, 1.165) is 0 Å². The molecule has 0 bridgehead atoms. The molecule has 6 heteroatoms. The van der Waals surface area contributed by atoms with Crippen molar-refractivity contribution >= 4 is 34.8 Å². The molecule has 116 valence electrons. The molecular formula is C16H16Cl2N2O2. The number of rotatable bonds is 5. The number of halogens is 2. The highest BCUT2D eigenvalue weighted by Gasteiger charge is 2.08. The van der Waals surface area contributed by atoms with E-state index >= 15 is 0 Å². The predicted molar refractivity (Wildman–Crippen MR) is 88.9 cm³/mol. The number of anilines is 1. The van der Waals surface area contributed by atoms with Crippen LogP contribution in [-0.2, 0) is 4.79 Å². The Hall–Kier alpha value is -1.78. The van der Waals surface area contributed by atoms with Crippen molar-refractivity contribution in [2.24, 2.45) is 0 Å². The van der Waals surface area contributed by atoms with E-state index in [0.29, 0.717) is 16.6 Å². The molecule has 0 aliphatic rings. The fourth-order valence-corrected chi connectivity index (χ4v) is 2.23. The summed E-state index contributed by atoms with van der Waals surface area (Å²) in [6.45, 7) is 4.05.